The molecule has 1 aliphatic rings. The van der Waals surface area contributed by atoms with Crippen molar-refractivity contribution in [1.29, 1.82) is 0 Å². The molecule has 0 saturated carbocycles. The minimum absolute atomic E-state index is 0.0440. The minimum Gasteiger partial charge on any atom is -0.493 e. The van der Waals surface area contributed by atoms with Crippen molar-refractivity contribution in [1.82, 2.24) is 9.88 Å². The third kappa shape index (κ3) is 3.87. The van der Waals surface area contributed by atoms with Crippen LogP contribution in [0.2, 0.25) is 0 Å². The molecule has 0 aliphatic carbocycles. The maximum Gasteiger partial charge on any atom is 0.260 e. The second-order valence-corrected chi connectivity index (χ2v) is 6.02. The van der Waals surface area contributed by atoms with Gasteiger partial charge in [-0.1, -0.05) is 25.3 Å². The highest BCUT2D eigenvalue weighted by molar-refractivity contribution is 6.01. The predicted octanol–water partition coefficient (Wildman–Crippen LogP) is 4.53. The number of aromatic nitrogens is 1. The molecule has 5 nitrogen and oxygen atoms in total. The molecule has 0 radical (unpaired) electrons. The zero-order chi connectivity index (χ0) is 20.1. The molecule has 0 aromatic carbocycles. The van der Waals surface area contributed by atoms with Crippen LogP contribution in [0.5, 0.6) is 0 Å². The fraction of sp³-hybridized carbons (Fsp3) is 0.273. The summed E-state index contributed by atoms with van der Waals surface area (Å²) in [6.07, 6.45) is 7.33. The summed E-state index contributed by atoms with van der Waals surface area (Å²) in [7, 11) is 3.11. The van der Waals surface area contributed by atoms with Gasteiger partial charge in [0, 0.05) is 5.70 Å². The van der Waals surface area contributed by atoms with Crippen molar-refractivity contribution in [3.8, 4) is 0 Å². The van der Waals surface area contributed by atoms with Crippen molar-refractivity contribution in [2.24, 2.45) is 0 Å². The molecule has 1 aliphatic heterocycles. The zero-order valence-corrected chi connectivity index (χ0v) is 16.6. The van der Waals surface area contributed by atoms with Crippen LogP contribution >= 0.6 is 0 Å². The van der Waals surface area contributed by atoms with Gasteiger partial charge in [-0.15, -0.1) is 0 Å². The van der Waals surface area contributed by atoms with Crippen LogP contribution in [-0.2, 0) is 16.0 Å². The first kappa shape index (κ1) is 20.2. The Morgan fingerprint density at radius 3 is 2.48 bits per heavy atom. The largest absolute Gasteiger partial charge is 0.493 e. The molecule has 0 fully saturated rings. The summed E-state index contributed by atoms with van der Waals surface area (Å²) in [5.74, 6) is 0.906. The van der Waals surface area contributed by atoms with Gasteiger partial charge >= 0.3 is 0 Å². The molecular weight excluding hydrogens is 340 g/mol. The Kier molecular flexibility index (Phi) is 6.40. The van der Waals surface area contributed by atoms with Gasteiger partial charge in [-0.05, 0) is 50.1 Å². The predicted molar refractivity (Wildman–Crippen MR) is 108 cm³/mol. The van der Waals surface area contributed by atoms with E-state index in [1.165, 1.54) is 0 Å². The van der Waals surface area contributed by atoms with E-state index in [0.29, 0.717) is 29.3 Å². The van der Waals surface area contributed by atoms with Crippen molar-refractivity contribution in [3.63, 3.8) is 0 Å². The number of methoxy groups -OCH3 is 2. The van der Waals surface area contributed by atoms with Gasteiger partial charge in [0.05, 0.1) is 37.7 Å². The average Bonchev–Trinajstić information content (AvgIpc) is 3.00. The van der Waals surface area contributed by atoms with Gasteiger partial charge in [0.15, 0.2) is 11.5 Å². The maximum absolute atomic E-state index is 12.8. The molecule has 1 aromatic heterocycles. The molecule has 2 heterocycles. The number of ether oxygens (including phenoxy) is 2. The highest BCUT2D eigenvalue weighted by atomic mass is 16.5. The average molecular weight is 366 g/mol. The van der Waals surface area contributed by atoms with Gasteiger partial charge in [0.25, 0.3) is 5.91 Å². The molecular formula is C22H26N2O3. The van der Waals surface area contributed by atoms with Crippen LogP contribution in [0.3, 0.4) is 0 Å². The van der Waals surface area contributed by atoms with Gasteiger partial charge in [0.2, 0.25) is 0 Å². The number of hydrogen-bond acceptors (Lipinski definition) is 4. The van der Waals surface area contributed by atoms with E-state index < -0.39 is 0 Å². The minimum atomic E-state index is -0.0440. The smallest absolute Gasteiger partial charge is 0.260 e. The number of amides is 1. The lowest BCUT2D eigenvalue weighted by atomic mass is 10.0. The van der Waals surface area contributed by atoms with Crippen LogP contribution in [0.4, 0.5) is 0 Å². The Morgan fingerprint density at radius 2 is 1.96 bits per heavy atom. The molecule has 0 N–H and O–H groups in total. The third-order valence-electron chi connectivity index (χ3n) is 4.52. The SMILES string of the molecule is C=C/C(=C\C)N1Cc2cc(C(/C=C(/OC)C(=C)OC)=C/C)nc(C)c2C1=O. The van der Waals surface area contributed by atoms with E-state index in [1.807, 2.05) is 45.1 Å². The molecule has 27 heavy (non-hydrogen) atoms. The summed E-state index contributed by atoms with van der Waals surface area (Å²) in [5.41, 5.74) is 4.72. The number of carbonyl (C=O) groups excluding carboxylic acids is 1. The topological polar surface area (TPSA) is 51.7 Å². The normalized spacial score (nSPS) is 14.9. The Hall–Kier alpha value is -3.08. The van der Waals surface area contributed by atoms with E-state index in [4.69, 9.17) is 9.47 Å². The fourth-order valence-corrected chi connectivity index (χ4v) is 3.07. The first-order chi connectivity index (χ1) is 12.9. The van der Waals surface area contributed by atoms with Crippen molar-refractivity contribution < 1.29 is 14.3 Å². The van der Waals surface area contributed by atoms with E-state index in [2.05, 4.69) is 18.1 Å². The van der Waals surface area contributed by atoms with Crippen molar-refractivity contribution in [2.45, 2.75) is 27.3 Å². The van der Waals surface area contributed by atoms with Crippen LogP contribution < -0.4 is 0 Å². The van der Waals surface area contributed by atoms with Crippen LogP contribution in [-0.4, -0.2) is 30.0 Å². The maximum atomic E-state index is 12.8. The number of aryl methyl sites for hydroxylation is 1. The molecule has 142 valence electrons. The Labute approximate surface area is 161 Å². The van der Waals surface area contributed by atoms with Crippen molar-refractivity contribution in [3.05, 3.63) is 83.3 Å². The quantitative estimate of drug-likeness (QED) is 0.525. The lowest BCUT2D eigenvalue weighted by molar-refractivity contribution is 0.0830. The van der Waals surface area contributed by atoms with Crippen LogP contribution in [0, 0.1) is 6.92 Å². The van der Waals surface area contributed by atoms with E-state index in [1.54, 1.807) is 25.2 Å². The van der Waals surface area contributed by atoms with Crippen LogP contribution in [0.15, 0.2) is 60.7 Å². The number of nitrogens with zero attached hydrogens (tertiary/aromatic N) is 2. The molecule has 0 atom stereocenters. The highest BCUT2D eigenvalue weighted by Crippen LogP contribution is 2.31. The number of fused-ring (bicyclic) bond motifs is 1. The molecule has 0 unspecified atom stereocenters. The second kappa shape index (κ2) is 8.54. The van der Waals surface area contributed by atoms with Crippen molar-refractivity contribution >= 4 is 11.5 Å². The molecule has 0 saturated heterocycles. The van der Waals surface area contributed by atoms with Gasteiger partial charge in [-0.25, -0.2) is 0 Å². The fourth-order valence-electron chi connectivity index (χ4n) is 3.07. The molecule has 0 spiro atoms. The van der Waals surface area contributed by atoms with Crippen molar-refractivity contribution in [2.75, 3.05) is 14.2 Å². The summed E-state index contributed by atoms with van der Waals surface area (Å²) in [6, 6.07) is 1.95. The number of hydrogen-bond donors (Lipinski definition) is 0. The summed E-state index contributed by atoms with van der Waals surface area (Å²) in [5, 5.41) is 0. The van der Waals surface area contributed by atoms with Gasteiger partial charge < -0.3 is 14.4 Å². The van der Waals surface area contributed by atoms with Crippen LogP contribution in [0.1, 0.15) is 41.2 Å². The lowest BCUT2D eigenvalue weighted by Gasteiger charge is -2.16. The van der Waals surface area contributed by atoms with E-state index >= 15 is 0 Å². The van der Waals surface area contributed by atoms with Crippen LogP contribution in [0.25, 0.3) is 5.57 Å². The first-order valence-electron chi connectivity index (χ1n) is 8.68. The molecule has 1 amide bonds. The summed E-state index contributed by atoms with van der Waals surface area (Å²) in [4.78, 5) is 19.2. The molecule has 5 heteroatoms. The Balaban J connectivity index is 2.49. The summed E-state index contributed by atoms with van der Waals surface area (Å²) in [6.45, 7) is 13.8. The molecule has 0 bridgehead atoms. The van der Waals surface area contributed by atoms with Gasteiger partial charge in [0.1, 0.15) is 0 Å². The monoisotopic (exact) mass is 366 g/mol. The Bertz CT molecular complexity index is 876. The number of allylic oxidation sites excluding steroid dienone is 5. The van der Waals surface area contributed by atoms with E-state index in [9.17, 15) is 4.79 Å². The molecule has 1 aromatic rings. The Morgan fingerprint density at radius 1 is 1.26 bits per heavy atom. The molecule has 2 rings (SSSR count). The number of pyridine rings is 1. The second-order valence-electron chi connectivity index (χ2n) is 6.02. The standard InChI is InChI=1S/C22H26N2O3/c1-8-16(12-20(27-7)15(5)26-6)19-11-17-13-24(18(9-2)10-3)22(25)21(17)14(4)23-19/h8-12H,2,5,13H2,1,3-4,6-7H3/b16-8+,18-10+,20-12+. The summed E-state index contributed by atoms with van der Waals surface area (Å²) >= 11 is 0. The van der Waals surface area contributed by atoms with E-state index in [-0.39, 0.29) is 5.91 Å². The number of carbonyl (C=O) groups is 1. The van der Waals surface area contributed by atoms with Gasteiger partial charge in [-0.2, -0.15) is 0 Å². The highest BCUT2D eigenvalue weighted by Gasteiger charge is 2.31. The third-order valence-corrected chi connectivity index (χ3v) is 4.52. The lowest BCUT2D eigenvalue weighted by Crippen LogP contribution is -2.22. The summed E-state index contributed by atoms with van der Waals surface area (Å²) < 4.78 is 10.5. The first-order valence-corrected chi connectivity index (χ1v) is 8.68. The van der Waals surface area contributed by atoms with E-state index in [0.717, 1.165) is 22.5 Å². The zero-order valence-electron chi connectivity index (χ0n) is 16.6. The number of rotatable bonds is 7. The van der Waals surface area contributed by atoms with Gasteiger partial charge in [-0.3, -0.25) is 9.78 Å².